The van der Waals surface area contributed by atoms with Gasteiger partial charge in [-0.2, -0.15) is 0 Å². The van der Waals surface area contributed by atoms with Crippen molar-refractivity contribution in [2.75, 3.05) is 25.5 Å². The van der Waals surface area contributed by atoms with E-state index in [4.69, 9.17) is 10.5 Å². The summed E-state index contributed by atoms with van der Waals surface area (Å²) in [4.78, 5) is 4.32. The SMILES string of the molecule is CCC1=[N+](c2ccc(N)cn2)CCOC1. The van der Waals surface area contributed by atoms with Gasteiger partial charge in [-0.25, -0.2) is 4.58 Å². The van der Waals surface area contributed by atoms with Crippen molar-refractivity contribution in [2.24, 2.45) is 0 Å². The minimum atomic E-state index is 0.699. The number of nitrogens with two attached hydrogens (primary N) is 1. The Kier molecular flexibility index (Phi) is 2.97. The van der Waals surface area contributed by atoms with Gasteiger partial charge in [-0.1, -0.05) is 6.92 Å². The summed E-state index contributed by atoms with van der Waals surface area (Å²) in [5.41, 5.74) is 7.59. The highest BCUT2D eigenvalue weighted by molar-refractivity contribution is 5.81. The molecular weight excluding hydrogens is 190 g/mol. The van der Waals surface area contributed by atoms with Gasteiger partial charge in [0, 0.05) is 12.5 Å². The summed E-state index contributed by atoms with van der Waals surface area (Å²) in [6.07, 6.45) is 2.68. The Bertz CT molecular complexity index is 370. The van der Waals surface area contributed by atoms with Gasteiger partial charge in [-0.3, -0.25) is 0 Å². The van der Waals surface area contributed by atoms with Crippen LogP contribution in [0.15, 0.2) is 18.3 Å². The highest BCUT2D eigenvalue weighted by atomic mass is 16.5. The van der Waals surface area contributed by atoms with Crippen LogP contribution >= 0.6 is 0 Å². The van der Waals surface area contributed by atoms with E-state index in [1.165, 1.54) is 5.71 Å². The van der Waals surface area contributed by atoms with Gasteiger partial charge in [0.1, 0.15) is 18.9 Å². The van der Waals surface area contributed by atoms with Crippen molar-refractivity contribution in [2.45, 2.75) is 13.3 Å². The Labute approximate surface area is 89.4 Å². The number of hydrogen-bond donors (Lipinski definition) is 1. The van der Waals surface area contributed by atoms with Gasteiger partial charge >= 0.3 is 5.82 Å². The van der Waals surface area contributed by atoms with Crippen LogP contribution in [0.2, 0.25) is 0 Å². The number of hydrogen-bond acceptors (Lipinski definition) is 3. The standard InChI is InChI=1S/C11H16N3O/c1-2-10-8-15-6-5-14(10)11-4-3-9(12)7-13-11/h3-4,7H,2,5-6,8,12H2,1H3/q+1. The van der Waals surface area contributed by atoms with Crippen LogP contribution in [0.25, 0.3) is 0 Å². The lowest BCUT2D eigenvalue weighted by atomic mass is 10.2. The first-order valence-electron chi connectivity index (χ1n) is 5.22. The van der Waals surface area contributed by atoms with E-state index in [1.54, 1.807) is 6.20 Å². The van der Waals surface area contributed by atoms with Crippen LogP contribution in [-0.2, 0) is 4.74 Å². The number of nitrogen functional groups attached to an aromatic ring is 1. The maximum Gasteiger partial charge on any atom is 0.323 e. The highest BCUT2D eigenvalue weighted by Crippen LogP contribution is 2.13. The number of anilines is 1. The summed E-state index contributed by atoms with van der Waals surface area (Å²) in [6.45, 7) is 4.48. The van der Waals surface area contributed by atoms with Crippen LogP contribution in [0.5, 0.6) is 0 Å². The molecule has 0 radical (unpaired) electrons. The molecule has 1 aliphatic rings. The van der Waals surface area contributed by atoms with Gasteiger partial charge in [-0.05, 0) is 11.1 Å². The van der Waals surface area contributed by atoms with E-state index >= 15 is 0 Å². The summed E-state index contributed by atoms with van der Waals surface area (Å²) in [6, 6.07) is 3.83. The molecule has 2 heterocycles. The second kappa shape index (κ2) is 4.40. The predicted molar refractivity (Wildman–Crippen MR) is 59.6 cm³/mol. The molecule has 0 saturated heterocycles. The number of rotatable bonds is 2. The molecule has 0 unspecified atom stereocenters. The number of aromatic nitrogens is 1. The van der Waals surface area contributed by atoms with E-state index in [0.717, 1.165) is 25.4 Å². The van der Waals surface area contributed by atoms with Gasteiger partial charge in [0.25, 0.3) is 0 Å². The number of pyridine rings is 1. The molecule has 4 nitrogen and oxygen atoms in total. The van der Waals surface area contributed by atoms with Crippen molar-refractivity contribution in [1.29, 1.82) is 0 Å². The fourth-order valence-electron chi connectivity index (χ4n) is 1.71. The van der Waals surface area contributed by atoms with Gasteiger partial charge in [0.05, 0.1) is 12.3 Å². The van der Waals surface area contributed by atoms with Crippen molar-refractivity contribution in [3.05, 3.63) is 18.3 Å². The first-order chi connectivity index (χ1) is 7.31. The molecule has 0 aliphatic carbocycles. The molecule has 0 saturated carbocycles. The van der Waals surface area contributed by atoms with Crippen molar-refractivity contribution < 1.29 is 9.31 Å². The lowest BCUT2D eigenvalue weighted by Gasteiger charge is -2.16. The molecule has 4 heteroatoms. The molecule has 0 aromatic carbocycles. The average molecular weight is 206 g/mol. The number of nitrogens with zero attached hydrogens (tertiary/aromatic N) is 2. The lowest BCUT2D eigenvalue weighted by molar-refractivity contribution is -0.461. The topological polar surface area (TPSA) is 51.2 Å². The maximum absolute atomic E-state index is 5.61. The zero-order valence-electron chi connectivity index (χ0n) is 8.94. The largest absolute Gasteiger partial charge is 0.396 e. The molecule has 1 aromatic heterocycles. The molecular formula is C11H16N3O+. The lowest BCUT2D eigenvalue weighted by Crippen LogP contribution is -2.31. The van der Waals surface area contributed by atoms with Gasteiger partial charge < -0.3 is 10.5 Å². The fourth-order valence-corrected chi connectivity index (χ4v) is 1.71. The third-order valence-electron chi connectivity index (χ3n) is 2.57. The highest BCUT2D eigenvalue weighted by Gasteiger charge is 2.19. The van der Waals surface area contributed by atoms with Gasteiger partial charge in [-0.15, -0.1) is 0 Å². The van der Waals surface area contributed by atoms with E-state index in [1.807, 2.05) is 12.1 Å². The van der Waals surface area contributed by atoms with Crippen LogP contribution in [0.1, 0.15) is 13.3 Å². The van der Waals surface area contributed by atoms with Crippen molar-refractivity contribution in [1.82, 2.24) is 4.98 Å². The molecule has 0 fully saturated rings. The quantitative estimate of drug-likeness (QED) is 0.739. The van der Waals surface area contributed by atoms with E-state index in [9.17, 15) is 0 Å². The fraction of sp³-hybridized carbons (Fsp3) is 0.455. The summed E-state index contributed by atoms with van der Waals surface area (Å²) in [5, 5.41) is 0. The van der Waals surface area contributed by atoms with E-state index in [-0.39, 0.29) is 0 Å². The van der Waals surface area contributed by atoms with E-state index in [2.05, 4.69) is 16.5 Å². The van der Waals surface area contributed by atoms with E-state index < -0.39 is 0 Å². The minimum Gasteiger partial charge on any atom is -0.396 e. The third kappa shape index (κ3) is 2.15. The normalized spacial score (nSPS) is 16.9. The second-order valence-corrected chi connectivity index (χ2v) is 3.57. The molecule has 80 valence electrons. The molecule has 0 spiro atoms. The van der Waals surface area contributed by atoms with Crippen molar-refractivity contribution in [3.63, 3.8) is 0 Å². The Morgan fingerprint density at radius 2 is 2.40 bits per heavy atom. The molecule has 1 aromatic rings. The van der Waals surface area contributed by atoms with Crippen LogP contribution < -0.4 is 5.73 Å². The van der Waals surface area contributed by atoms with Crippen LogP contribution in [-0.4, -0.2) is 35.0 Å². The smallest absolute Gasteiger partial charge is 0.323 e. The molecule has 2 N–H and O–H groups in total. The maximum atomic E-state index is 5.61. The molecule has 1 aliphatic heterocycles. The monoisotopic (exact) mass is 206 g/mol. The Balaban J connectivity index is 2.35. The molecule has 0 bridgehead atoms. The minimum absolute atomic E-state index is 0.699. The first-order valence-corrected chi connectivity index (χ1v) is 5.22. The van der Waals surface area contributed by atoms with Crippen molar-refractivity contribution >= 4 is 17.2 Å². The summed E-state index contributed by atoms with van der Waals surface area (Å²) < 4.78 is 7.63. The van der Waals surface area contributed by atoms with Gasteiger partial charge in [0.2, 0.25) is 0 Å². The van der Waals surface area contributed by atoms with Crippen LogP contribution in [0.3, 0.4) is 0 Å². The molecule has 0 atom stereocenters. The Hall–Kier alpha value is -1.42. The summed E-state index contributed by atoms with van der Waals surface area (Å²) >= 11 is 0. The van der Waals surface area contributed by atoms with Crippen LogP contribution in [0.4, 0.5) is 11.5 Å². The summed E-state index contributed by atoms with van der Waals surface area (Å²) in [5.74, 6) is 0.962. The van der Waals surface area contributed by atoms with Gasteiger partial charge in [0.15, 0.2) is 6.20 Å². The zero-order valence-corrected chi connectivity index (χ0v) is 8.94. The first kappa shape index (κ1) is 10.1. The van der Waals surface area contributed by atoms with Crippen molar-refractivity contribution in [3.8, 4) is 0 Å². The molecule has 15 heavy (non-hydrogen) atoms. The predicted octanol–water partition coefficient (Wildman–Crippen LogP) is 1.19. The Morgan fingerprint density at radius 3 is 3.07 bits per heavy atom. The third-order valence-corrected chi connectivity index (χ3v) is 2.57. The number of ether oxygens (including phenoxy) is 1. The second-order valence-electron chi connectivity index (χ2n) is 3.57. The summed E-state index contributed by atoms with van der Waals surface area (Å²) in [7, 11) is 0. The Morgan fingerprint density at radius 1 is 1.53 bits per heavy atom. The average Bonchev–Trinajstić information content (AvgIpc) is 2.30. The molecule has 0 amide bonds. The zero-order chi connectivity index (χ0) is 10.7. The van der Waals surface area contributed by atoms with E-state index in [0.29, 0.717) is 12.3 Å². The van der Waals surface area contributed by atoms with Crippen LogP contribution in [0, 0.1) is 0 Å². The molecule has 2 rings (SSSR count).